The van der Waals surface area contributed by atoms with Gasteiger partial charge in [0.15, 0.2) is 0 Å². The molecule has 0 bridgehead atoms. The van der Waals surface area contributed by atoms with Crippen molar-refractivity contribution in [1.29, 1.82) is 0 Å². The van der Waals surface area contributed by atoms with Crippen LogP contribution < -0.4 is 0 Å². The molecule has 0 spiro atoms. The summed E-state index contributed by atoms with van der Waals surface area (Å²) in [5.41, 5.74) is 1.06. The zero-order valence-corrected chi connectivity index (χ0v) is 13.2. The molecule has 2 rings (SSSR count). The highest BCUT2D eigenvalue weighted by Gasteiger charge is 2.24. The number of hydrogen-bond donors (Lipinski definition) is 0. The number of hydrogen-bond acceptors (Lipinski definition) is 1. The summed E-state index contributed by atoms with van der Waals surface area (Å²) < 4.78 is 0. The number of aryl methyl sites for hydroxylation is 1. The lowest BCUT2D eigenvalue weighted by molar-refractivity contribution is -0.132. The highest BCUT2D eigenvalue weighted by atomic mass is 35.5. The predicted octanol–water partition coefficient (Wildman–Crippen LogP) is 4.31. The van der Waals surface area contributed by atoms with E-state index in [-0.39, 0.29) is 5.91 Å². The minimum atomic E-state index is 0.240. The van der Waals surface area contributed by atoms with E-state index in [1.807, 2.05) is 36.2 Å². The maximum Gasteiger partial charge on any atom is 0.222 e. The lowest BCUT2D eigenvalue weighted by atomic mass is 9.86. The van der Waals surface area contributed by atoms with E-state index < -0.39 is 0 Å². The molecule has 0 aromatic heterocycles. The highest BCUT2D eigenvalue weighted by molar-refractivity contribution is 6.31. The Morgan fingerprint density at radius 3 is 2.55 bits per heavy atom. The number of amides is 1. The topological polar surface area (TPSA) is 20.3 Å². The van der Waals surface area contributed by atoms with Crippen LogP contribution in [0.4, 0.5) is 0 Å². The lowest BCUT2D eigenvalue weighted by Gasteiger charge is -2.33. The van der Waals surface area contributed by atoms with Crippen molar-refractivity contribution < 1.29 is 4.79 Å². The Bertz CT molecular complexity index is 452. The fourth-order valence-electron chi connectivity index (χ4n) is 2.95. The average molecular weight is 294 g/mol. The zero-order chi connectivity index (χ0) is 14.5. The highest BCUT2D eigenvalue weighted by Crippen LogP contribution is 2.27. The largest absolute Gasteiger partial charge is 0.343 e. The molecule has 2 nitrogen and oxygen atoms in total. The maximum atomic E-state index is 12.3. The normalized spacial score (nSPS) is 22.6. The van der Waals surface area contributed by atoms with Gasteiger partial charge in [0.1, 0.15) is 0 Å². The van der Waals surface area contributed by atoms with Crippen molar-refractivity contribution in [3.05, 3.63) is 34.9 Å². The van der Waals surface area contributed by atoms with Gasteiger partial charge in [-0.3, -0.25) is 4.79 Å². The molecule has 0 aliphatic heterocycles. The Morgan fingerprint density at radius 2 is 1.90 bits per heavy atom. The Labute approximate surface area is 127 Å². The second-order valence-electron chi connectivity index (χ2n) is 6.01. The maximum absolute atomic E-state index is 12.3. The molecule has 1 saturated carbocycles. The summed E-state index contributed by atoms with van der Waals surface area (Å²) in [6.45, 7) is 2.30. The molecule has 1 aliphatic carbocycles. The van der Waals surface area contributed by atoms with Crippen molar-refractivity contribution in [3.63, 3.8) is 0 Å². The van der Waals surface area contributed by atoms with Crippen molar-refractivity contribution in [3.8, 4) is 0 Å². The van der Waals surface area contributed by atoms with E-state index in [1.54, 1.807) is 0 Å². The van der Waals surface area contributed by atoms with E-state index in [1.165, 1.54) is 12.8 Å². The molecule has 1 fully saturated rings. The molecule has 0 heterocycles. The van der Waals surface area contributed by atoms with E-state index in [9.17, 15) is 4.79 Å². The molecule has 1 aromatic carbocycles. The molecule has 0 unspecified atom stereocenters. The van der Waals surface area contributed by atoms with Crippen LogP contribution in [0.2, 0.25) is 5.02 Å². The van der Waals surface area contributed by atoms with Crippen molar-refractivity contribution in [2.24, 2.45) is 5.92 Å². The Hall–Kier alpha value is -1.02. The number of benzene rings is 1. The molecule has 1 aliphatic rings. The van der Waals surface area contributed by atoms with Crippen molar-refractivity contribution in [1.82, 2.24) is 4.90 Å². The Balaban J connectivity index is 1.84. The second-order valence-corrected chi connectivity index (χ2v) is 6.42. The predicted molar refractivity (Wildman–Crippen MR) is 84.0 cm³/mol. The molecular formula is C17H24ClNO. The van der Waals surface area contributed by atoms with Gasteiger partial charge in [0.25, 0.3) is 0 Å². The number of rotatable bonds is 4. The first kappa shape index (κ1) is 15.4. The average Bonchev–Trinajstić information content (AvgIpc) is 2.46. The van der Waals surface area contributed by atoms with Crippen molar-refractivity contribution in [2.45, 2.75) is 51.5 Å². The van der Waals surface area contributed by atoms with Gasteiger partial charge < -0.3 is 4.90 Å². The van der Waals surface area contributed by atoms with Crippen LogP contribution in [0.25, 0.3) is 0 Å². The molecule has 20 heavy (non-hydrogen) atoms. The van der Waals surface area contributed by atoms with Crippen molar-refractivity contribution in [2.75, 3.05) is 7.05 Å². The van der Waals surface area contributed by atoms with Crippen LogP contribution in [0.3, 0.4) is 0 Å². The SMILES string of the molecule is CC1CCC(N(C)C(=O)CCc2ccccc2Cl)CC1. The van der Waals surface area contributed by atoms with Gasteiger partial charge in [0.05, 0.1) is 0 Å². The van der Waals surface area contributed by atoms with Crippen LogP contribution in [0.1, 0.15) is 44.6 Å². The Morgan fingerprint density at radius 1 is 1.25 bits per heavy atom. The first-order valence-electron chi connectivity index (χ1n) is 7.57. The molecule has 0 N–H and O–H groups in total. The van der Waals surface area contributed by atoms with Gasteiger partial charge in [-0.15, -0.1) is 0 Å². The molecule has 0 radical (unpaired) electrons. The van der Waals surface area contributed by atoms with Gasteiger partial charge >= 0.3 is 0 Å². The number of carbonyl (C=O) groups excluding carboxylic acids is 1. The third-order valence-electron chi connectivity index (χ3n) is 4.49. The smallest absolute Gasteiger partial charge is 0.222 e. The number of nitrogens with zero attached hydrogens (tertiary/aromatic N) is 1. The fraction of sp³-hybridized carbons (Fsp3) is 0.588. The van der Waals surface area contributed by atoms with E-state index in [0.29, 0.717) is 12.5 Å². The van der Waals surface area contributed by atoms with Gasteiger partial charge in [-0.2, -0.15) is 0 Å². The van der Waals surface area contributed by atoms with E-state index in [4.69, 9.17) is 11.6 Å². The van der Waals surface area contributed by atoms with E-state index in [0.717, 1.165) is 35.8 Å². The minimum absolute atomic E-state index is 0.240. The summed E-state index contributed by atoms with van der Waals surface area (Å²) in [7, 11) is 1.95. The van der Waals surface area contributed by atoms with Gasteiger partial charge in [0, 0.05) is 24.5 Å². The van der Waals surface area contributed by atoms with Crippen LogP contribution >= 0.6 is 11.6 Å². The van der Waals surface area contributed by atoms with Gasteiger partial charge in [-0.25, -0.2) is 0 Å². The summed E-state index contributed by atoms with van der Waals surface area (Å²) in [6, 6.07) is 8.21. The quantitative estimate of drug-likeness (QED) is 0.810. The summed E-state index contributed by atoms with van der Waals surface area (Å²) in [6.07, 6.45) is 6.06. The first-order valence-corrected chi connectivity index (χ1v) is 7.94. The summed E-state index contributed by atoms with van der Waals surface area (Å²) in [5.74, 6) is 1.06. The monoisotopic (exact) mass is 293 g/mol. The second kappa shape index (κ2) is 7.12. The summed E-state index contributed by atoms with van der Waals surface area (Å²) in [4.78, 5) is 14.3. The summed E-state index contributed by atoms with van der Waals surface area (Å²) >= 11 is 6.13. The van der Waals surface area contributed by atoms with Crippen molar-refractivity contribution >= 4 is 17.5 Å². The van der Waals surface area contributed by atoms with Gasteiger partial charge in [0.2, 0.25) is 5.91 Å². The molecule has 1 amide bonds. The van der Waals surface area contributed by atoms with Crippen LogP contribution in [0.15, 0.2) is 24.3 Å². The molecule has 110 valence electrons. The molecule has 0 saturated heterocycles. The molecule has 1 aromatic rings. The lowest BCUT2D eigenvalue weighted by Crippen LogP contribution is -2.39. The third kappa shape index (κ3) is 3.99. The Kier molecular flexibility index (Phi) is 5.47. The third-order valence-corrected chi connectivity index (χ3v) is 4.86. The van der Waals surface area contributed by atoms with E-state index >= 15 is 0 Å². The standard InChI is InChI=1S/C17H24ClNO/c1-13-7-10-15(11-8-13)19(2)17(20)12-9-14-5-3-4-6-16(14)18/h3-6,13,15H,7-12H2,1-2H3. The van der Waals surface area contributed by atoms with Crippen LogP contribution in [0, 0.1) is 5.92 Å². The number of halogens is 1. The van der Waals surface area contributed by atoms with Gasteiger partial charge in [-0.1, -0.05) is 36.7 Å². The van der Waals surface area contributed by atoms with Gasteiger partial charge in [-0.05, 0) is 49.7 Å². The zero-order valence-electron chi connectivity index (χ0n) is 12.4. The van der Waals surface area contributed by atoms with E-state index in [2.05, 4.69) is 6.92 Å². The van der Waals surface area contributed by atoms with Crippen LogP contribution in [-0.4, -0.2) is 23.9 Å². The molecular weight excluding hydrogens is 270 g/mol. The summed E-state index contributed by atoms with van der Waals surface area (Å²) in [5, 5.41) is 0.759. The molecule has 0 atom stereocenters. The van der Waals surface area contributed by atoms with Crippen LogP contribution in [-0.2, 0) is 11.2 Å². The fourth-order valence-corrected chi connectivity index (χ4v) is 3.18. The van der Waals surface area contributed by atoms with Crippen LogP contribution in [0.5, 0.6) is 0 Å². The first-order chi connectivity index (χ1) is 9.58. The number of carbonyl (C=O) groups is 1. The minimum Gasteiger partial charge on any atom is -0.343 e. The molecule has 3 heteroatoms.